The second kappa shape index (κ2) is 7.75. The van der Waals surface area contributed by atoms with Crippen LogP contribution < -0.4 is 10.2 Å². The van der Waals surface area contributed by atoms with Gasteiger partial charge < -0.3 is 10.2 Å². The highest BCUT2D eigenvalue weighted by Crippen LogP contribution is 2.32. The van der Waals surface area contributed by atoms with Crippen molar-refractivity contribution in [2.24, 2.45) is 5.92 Å². The zero-order valence-electron chi connectivity index (χ0n) is 12.3. The lowest BCUT2D eigenvalue weighted by Crippen LogP contribution is -2.36. The Bertz CT molecular complexity index is 490. The molecule has 0 amide bonds. The number of piperidine rings is 1. The predicted molar refractivity (Wildman–Crippen MR) is 88.9 cm³/mol. The molecule has 5 nitrogen and oxygen atoms in total. The van der Waals surface area contributed by atoms with Gasteiger partial charge in [0, 0.05) is 23.6 Å². The van der Waals surface area contributed by atoms with Crippen molar-refractivity contribution in [1.29, 1.82) is 0 Å². The number of nitrogens with one attached hydrogen (secondary N) is 1. The highest BCUT2D eigenvalue weighted by Gasteiger charge is 2.23. The zero-order valence-corrected chi connectivity index (χ0v) is 13.9. The van der Waals surface area contributed by atoms with E-state index in [1.165, 1.54) is 0 Å². The largest absolute Gasteiger partial charge is 0.366 e. The second-order valence-electron chi connectivity index (χ2n) is 5.53. The molecule has 1 aromatic rings. The van der Waals surface area contributed by atoms with E-state index in [0.717, 1.165) is 55.6 Å². The third-order valence-electron chi connectivity index (χ3n) is 3.91. The van der Waals surface area contributed by atoms with Crippen molar-refractivity contribution in [3.05, 3.63) is 32.8 Å². The molecule has 1 heterocycles. The second-order valence-corrected chi connectivity index (χ2v) is 6.45. The number of benzene rings is 1. The molecule has 1 fully saturated rings. The molecular formula is C15H22BrN3O2. The maximum Gasteiger partial charge on any atom is 0.293 e. The number of halogens is 1. The van der Waals surface area contributed by atoms with Crippen molar-refractivity contribution < 1.29 is 4.92 Å². The summed E-state index contributed by atoms with van der Waals surface area (Å²) in [6.45, 7) is 5.96. The highest BCUT2D eigenvalue weighted by atomic mass is 79.9. The Morgan fingerprint density at radius 2 is 2.14 bits per heavy atom. The predicted octanol–water partition coefficient (Wildman–Crippen LogP) is 3.57. The van der Waals surface area contributed by atoms with Gasteiger partial charge in [0.25, 0.3) is 5.69 Å². The molecule has 0 aliphatic carbocycles. The lowest BCUT2D eigenvalue weighted by Gasteiger charge is -2.31. The molecule has 6 heteroatoms. The first kappa shape index (κ1) is 16.2. The first-order valence-corrected chi connectivity index (χ1v) is 8.30. The minimum atomic E-state index is -0.287. The summed E-state index contributed by atoms with van der Waals surface area (Å²) in [5.41, 5.74) is 0.926. The van der Waals surface area contributed by atoms with Crippen LogP contribution in [-0.4, -0.2) is 31.1 Å². The maximum absolute atomic E-state index is 11.3. The van der Waals surface area contributed by atoms with Crippen molar-refractivity contribution >= 4 is 27.3 Å². The molecule has 1 N–H and O–H groups in total. The third kappa shape index (κ3) is 4.41. The molecule has 0 bridgehead atoms. The highest BCUT2D eigenvalue weighted by molar-refractivity contribution is 9.10. The molecule has 116 valence electrons. The average molecular weight is 356 g/mol. The van der Waals surface area contributed by atoms with Crippen LogP contribution in [0.1, 0.15) is 26.2 Å². The Morgan fingerprint density at radius 1 is 1.43 bits per heavy atom. The fourth-order valence-corrected chi connectivity index (χ4v) is 3.22. The molecule has 1 aromatic carbocycles. The van der Waals surface area contributed by atoms with E-state index in [0.29, 0.717) is 5.92 Å². The average Bonchev–Trinajstić information content (AvgIpc) is 2.48. The number of anilines is 1. The summed E-state index contributed by atoms with van der Waals surface area (Å²) in [6.07, 6.45) is 3.27. The first-order chi connectivity index (χ1) is 10.1. The Morgan fingerprint density at radius 3 is 2.76 bits per heavy atom. The Hall–Kier alpha value is -1.14. The van der Waals surface area contributed by atoms with E-state index in [2.05, 4.69) is 33.1 Å². The van der Waals surface area contributed by atoms with E-state index in [1.807, 2.05) is 12.1 Å². The number of hydrogen-bond acceptors (Lipinski definition) is 4. The molecule has 1 saturated heterocycles. The lowest BCUT2D eigenvalue weighted by molar-refractivity contribution is -0.384. The van der Waals surface area contributed by atoms with E-state index in [1.54, 1.807) is 6.07 Å². The van der Waals surface area contributed by atoms with Crippen LogP contribution >= 0.6 is 15.9 Å². The van der Waals surface area contributed by atoms with Crippen LogP contribution in [0.4, 0.5) is 11.4 Å². The van der Waals surface area contributed by atoms with Crippen LogP contribution in [0.25, 0.3) is 0 Å². The number of nitro benzene ring substituents is 1. The quantitative estimate of drug-likeness (QED) is 0.625. The standard InChI is InChI=1S/C15H22BrN3O2/c1-2-9-18(11-12-5-7-17-8-6-12)14-4-3-13(16)10-15(14)19(20)21/h3-4,10,12,17H,2,5-9,11H2,1H3. The normalized spacial score (nSPS) is 15.9. The van der Waals surface area contributed by atoms with Crippen LogP contribution in [-0.2, 0) is 0 Å². The van der Waals surface area contributed by atoms with Gasteiger partial charge in [0.1, 0.15) is 5.69 Å². The van der Waals surface area contributed by atoms with E-state index in [9.17, 15) is 10.1 Å². The van der Waals surface area contributed by atoms with Crippen LogP contribution in [0.3, 0.4) is 0 Å². The smallest absolute Gasteiger partial charge is 0.293 e. The van der Waals surface area contributed by atoms with Gasteiger partial charge in [-0.05, 0) is 50.4 Å². The Balaban J connectivity index is 2.22. The molecule has 21 heavy (non-hydrogen) atoms. The Kier molecular flexibility index (Phi) is 5.99. The van der Waals surface area contributed by atoms with E-state index in [4.69, 9.17) is 0 Å². The molecule has 0 unspecified atom stereocenters. The van der Waals surface area contributed by atoms with Crippen molar-refractivity contribution in [3.63, 3.8) is 0 Å². The fourth-order valence-electron chi connectivity index (χ4n) is 2.87. The monoisotopic (exact) mass is 355 g/mol. The first-order valence-electron chi connectivity index (χ1n) is 7.51. The summed E-state index contributed by atoms with van der Waals surface area (Å²) in [7, 11) is 0. The molecule has 1 aliphatic heterocycles. The number of nitrogens with zero attached hydrogens (tertiary/aromatic N) is 2. The van der Waals surface area contributed by atoms with Crippen LogP contribution in [0.5, 0.6) is 0 Å². The minimum Gasteiger partial charge on any atom is -0.366 e. The van der Waals surface area contributed by atoms with Gasteiger partial charge in [-0.2, -0.15) is 0 Å². The molecule has 0 saturated carbocycles. The molecular weight excluding hydrogens is 334 g/mol. The number of rotatable bonds is 6. The van der Waals surface area contributed by atoms with Crippen LogP contribution in [0, 0.1) is 16.0 Å². The molecule has 0 atom stereocenters. The Labute approximate surface area is 134 Å². The summed E-state index contributed by atoms with van der Waals surface area (Å²) in [5, 5.41) is 14.7. The van der Waals surface area contributed by atoms with Gasteiger partial charge in [-0.25, -0.2) is 0 Å². The SMILES string of the molecule is CCCN(CC1CCNCC1)c1ccc(Br)cc1[N+](=O)[O-]. The molecule has 2 rings (SSSR count). The number of hydrogen-bond donors (Lipinski definition) is 1. The summed E-state index contributed by atoms with van der Waals surface area (Å²) in [5.74, 6) is 0.612. The molecule has 0 aromatic heterocycles. The van der Waals surface area contributed by atoms with Crippen molar-refractivity contribution in [1.82, 2.24) is 5.32 Å². The summed E-state index contributed by atoms with van der Waals surface area (Å²) < 4.78 is 0.747. The minimum absolute atomic E-state index is 0.187. The lowest BCUT2D eigenvalue weighted by atomic mass is 9.97. The van der Waals surface area contributed by atoms with Gasteiger partial charge >= 0.3 is 0 Å². The van der Waals surface area contributed by atoms with E-state index in [-0.39, 0.29) is 10.6 Å². The maximum atomic E-state index is 11.3. The van der Waals surface area contributed by atoms with Gasteiger partial charge in [0.15, 0.2) is 0 Å². The fraction of sp³-hybridized carbons (Fsp3) is 0.600. The van der Waals surface area contributed by atoms with Gasteiger partial charge in [-0.1, -0.05) is 22.9 Å². The van der Waals surface area contributed by atoms with Crippen molar-refractivity contribution in [2.45, 2.75) is 26.2 Å². The number of nitro groups is 1. The van der Waals surface area contributed by atoms with E-state index >= 15 is 0 Å². The van der Waals surface area contributed by atoms with Crippen LogP contribution in [0.15, 0.2) is 22.7 Å². The summed E-state index contributed by atoms with van der Waals surface area (Å²) in [4.78, 5) is 13.2. The van der Waals surface area contributed by atoms with Crippen molar-refractivity contribution in [3.8, 4) is 0 Å². The van der Waals surface area contributed by atoms with Crippen molar-refractivity contribution in [2.75, 3.05) is 31.1 Å². The zero-order chi connectivity index (χ0) is 15.2. The summed E-state index contributed by atoms with van der Waals surface area (Å²) in [6, 6.07) is 5.34. The summed E-state index contributed by atoms with van der Waals surface area (Å²) >= 11 is 3.32. The van der Waals surface area contributed by atoms with E-state index < -0.39 is 0 Å². The van der Waals surface area contributed by atoms with Gasteiger partial charge in [-0.3, -0.25) is 10.1 Å². The van der Waals surface area contributed by atoms with Gasteiger partial charge in [-0.15, -0.1) is 0 Å². The topological polar surface area (TPSA) is 58.4 Å². The molecule has 1 aliphatic rings. The third-order valence-corrected chi connectivity index (χ3v) is 4.40. The van der Waals surface area contributed by atoms with Crippen LogP contribution in [0.2, 0.25) is 0 Å². The van der Waals surface area contributed by atoms with Gasteiger partial charge in [0.05, 0.1) is 4.92 Å². The van der Waals surface area contributed by atoms with Gasteiger partial charge in [0.2, 0.25) is 0 Å². The molecule has 0 radical (unpaired) electrons. The molecule has 0 spiro atoms.